The highest BCUT2D eigenvalue weighted by Gasteiger charge is 2.18. The number of hydrogen-bond acceptors (Lipinski definition) is 5. The smallest absolute Gasteiger partial charge is 0.319 e. The lowest BCUT2D eigenvalue weighted by atomic mass is 10.1. The number of urea groups is 1. The van der Waals surface area contributed by atoms with Crippen LogP contribution in [0.2, 0.25) is 0 Å². The summed E-state index contributed by atoms with van der Waals surface area (Å²) in [7, 11) is 0. The zero-order valence-corrected chi connectivity index (χ0v) is 14.2. The van der Waals surface area contributed by atoms with E-state index in [2.05, 4.69) is 15.6 Å². The Morgan fingerprint density at radius 3 is 2.61 bits per heavy atom. The van der Waals surface area contributed by atoms with Crippen LogP contribution in [-0.4, -0.2) is 15.9 Å². The molecule has 0 radical (unpaired) electrons. The van der Waals surface area contributed by atoms with Gasteiger partial charge in [-0.25, -0.2) is 9.78 Å². The quantitative estimate of drug-likeness (QED) is 0.655. The Labute approximate surface area is 137 Å². The van der Waals surface area contributed by atoms with Crippen molar-refractivity contribution in [2.45, 2.75) is 33.7 Å². The third kappa shape index (κ3) is 3.84. The van der Waals surface area contributed by atoms with Crippen molar-refractivity contribution in [3.8, 4) is 0 Å². The Morgan fingerprint density at radius 1 is 1.35 bits per heavy atom. The van der Waals surface area contributed by atoms with Crippen LogP contribution in [0.15, 0.2) is 18.2 Å². The van der Waals surface area contributed by atoms with Crippen LogP contribution in [0.3, 0.4) is 0 Å². The summed E-state index contributed by atoms with van der Waals surface area (Å²) in [6, 6.07) is 3.98. The topological polar surface area (TPSA) is 97.2 Å². The Kier molecular flexibility index (Phi) is 4.95. The van der Waals surface area contributed by atoms with Crippen molar-refractivity contribution in [1.29, 1.82) is 0 Å². The average molecular weight is 334 g/mol. The molecule has 2 N–H and O–H groups in total. The number of thiazole rings is 1. The first-order chi connectivity index (χ1) is 10.8. The first-order valence-electron chi connectivity index (χ1n) is 7.05. The molecule has 2 rings (SSSR count). The van der Waals surface area contributed by atoms with Gasteiger partial charge in [0.1, 0.15) is 0 Å². The van der Waals surface area contributed by atoms with E-state index in [-0.39, 0.29) is 11.7 Å². The number of rotatable bonds is 4. The summed E-state index contributed by atoms with van der Waals surface area (Å²) in [4.78, 5) is 27.9. The molecule has 7 nitrogen and oxygen atoms in total. The highest BCUT2D eigenvalue weighted by atomic mass is 32.1. The van der Waals surface area contributed by atoms with Crippen molar-refractivity contribution in [3.05, 3.63) is 49.5 Å². The van der Waals surface area contributed by atoms with Gasteiger partial charge in [0.2, 0.25) is 0 Å². The van der Waals surface area contributed by atoms with Gasteiger partial charge in [-0.2, -0.15) is 0 Å². The highest BCUT2D eigenvalue weighted by molar-refractivity contribution is 7.11. The Bertz CT molecular complexity index is 757. The summed E-state index contributed by atoms with van der Waals surface area (Å²) in [5.74, 6) is 0. The number of carbonyl (C=O) groups excluding carboxylic acids is 1. The van der Waals surface area contributed by atoms with E-state index < -0.39 is 11.0 Å². The van der Waals surface area contributed by atoms with Crippen molar-refractivity contribution in [1.82, 2.24) is 10.3 Å². The second-order valence-corrected chi connectivity index (χ2v) is 6.44. The maximum absolute atomic E-state index is 12.1. The monoisotopic (exact) mass is 334 g/mol. The minimum absolute atomic E-state index is 0.0234. The van der Waals surface area contributed by atoms with E-state index >= 15 is 0 Å². The number of hydrogen-bond donors (Lipinski definition) is 2. The molecule has 0 saturated heterocycles. The number of anilines is 1. The number of nitro benzene ring substituents is 1. The zero-order valence-electron chi connectivity index (χ0n) is 13.3. The van der Waals surface area contributed by atoms with Gasteiger partial charge < -0.3 is 10.6 Å². The number of nitrogens with zero attached hydrogens (tertiary/aromatic N) is 2. The van der Waals surface area contributed by atoms with Crippen molar-refractivity contribution < 1.29 is 9.72 Å². The van der Waals surface area contributed by atoms with Crippen LogP contribution in [0.1, 0.15) is 34.1 Å². The van der Waals surface area contributed by atoms with Gasteiger partial charge in [0, 0.05) is 10.9 Å². The van der Waals surface area contributed by atoms with Crippen LogP contribution in [0, 0.1) is 30.9 Å². The van der Waals surface area contributed by atoms with Gasteiger partial charge in [0.05, 0.1) is 32.9 Å². The molecule has 0 bridgehead atoms. The lowest BCUT2D eigenvalue weighted by molar-refractivity contribution is -0.385. The van der Waals surface area contributed by atoms with E-state index in [1.807, 2.05) is 20.8 Å². The van der Waals surface area contributed by atoms with Crippen molar-refractivity contribution in [3.63, 3.8) is 0 Å². The van der Waals surface area contributed by atoms with E-state index in [1.54, 1.807) is 19.1 Å². The molecule has 2 amide bonds. The Morgan fingerprint density at radius 2 is 2.04 bits per heavy atom. The minimum Gasteiger partial charge on any atom is -0.330 e. The fourth-order valence-electron chi connectivity index (χ4n) is 2.33. The average Bonchev–Trinajstić information content (AvgIpc) is 2.79. The van der Waals surface area contributed by atoms with E-state index in [0.29, 0.717) is 11.3 Å². The molecule has 1 heterocycles. The number of nitro groups is 1. The first kappa shape index (κ1) is 16.9. The van der Waals surface area contributed by atoms with Gasteiger partial charge in [-0.15, -0.1) is 11.3 Å². The number of carbonyl (C=O) groups is 1. The standard InChI is InChI=1S/C15H18N4O3S/c1-8-12(6-5-7-13(8)19(21)22)18-15(20)17-10(3)14-9(2)16-11(4)23-14/h5-7,10H,1-4H3,(H2,17,18,20)/t10-/m1/s1. The molecular formula is C15H18N4O3S. The fourth-order valence-corrected chi connectivity index (χ4v) is 3.26. The van der Waals surface area contributed by atoms with E-state index in [9.17, 15) is 14.9 Å². The van der Waals surface area contributed by atoms with Crippen molar-refractivity contribution >= 4 is 28.7 Å². The van der Waals surface area contributed by atoms with Gasteiger partial charge in [-0.1, -0.05) is 6.07 Å². The van der Waals surface area contributed by atoms with Crippen LogP contribution in [-0.2, 0) is 0 Å². The van der Waals surface area contributed by atoms with Gasteiger partial charge in [-0.3, -0.25) is 10.1 Å². The van der Waals surface area contributed by atoms with E-state index in [4.69, 9.17) is 0 Å². The molecule has 0 aliphatic rings. The molecule has 0 saturated carbocycles. The Hall–Kier alpha value is -2.48. The summed E-state index contributed by atoms with van der Waals surface area (Å²) in [5.41, 5.74) is 1.71. The maximum atomic E-state index is 12.1. The van der Waals surface area contributed by atoms with Gasteiger partial charge in [0.15, 0.2) is 0 Å². The fraction of sp³-hybridized carbons (Fsp3) is 0.333. The first-order valence-corrected chi connectivity index (χ1v) is 7.86. The largest absolute Gasteiger partial charge is 0.330 e. The molecule has 23 heavy (non-hydrogen) atoms. The molecule has 1 aromatic heterocycles. The highest BCUT2D eigenvalue weighted by Crippen LogP contribution is 2.26. The molecule has 1 atom stereocenters. The summed E-state index contributed by atoms with van der Waals surface area (Å²) in [6.07, 6.45) is 0. The van der Waals surface area contributed by atoms with Crippen LogP contribution in [0.25, 0.3) is 0 Å². The third-order valence-electron chi connectivity index (χ3n) is 3.43. The number of aryl methyl sites for hydroxylation is 2. The summed E-state index contributed by atoms with van der Waals surface area (Å²) >= 11 is 1.54. The van der Waals surface area contributed by atoms with Crippen molar-refractivity contribution in [2.75, 3.05) is 5.32 Å². The predicted molar refractivity (Wildman–Crippen MR) is 90.0 cm³/mol. The predicted octanol–water partition coefficient (Wildman–Crippen LogP) is 3.86. The van der Waals surface area contributed by atoms with Gasteiger partial charge in [-0.05, 0) is 33.8 Å². The van der Waals surface area contributed by atoms with E-state index in [1.165, 1.54) is 17.4 Å². The van der Waals surface area contributed by atoms with Crippen LogP contribution >= 0.6 is 11.3 Å². The minimum atomic E-state index is -0.468. The number of amides is 2. The number of aromatic nitrogens is 1. The molecule has 1 aromatic carbocycles. The number of benzene rings is 1. The Balaban J connectivity index is 2.10. The summed E-state index contributed by atoms with van der Waals surface area (Å²) in [6.45, 7) is 7.30. The lowest BCUT2D eigenvalue weighted by Gasteiger charge is -2.15. The zero-order chi connectivity index (χ0) is 17.1. The normalized spacial score (nSPS) is 11.8. The molecule has 8 heteroatoms. The maximum Gasteiger partial charge on any atom is 0.319 e. The molecule has 0 unspecified atom stereocenters. The molecule has 2 aromatic rings. The molecule has 0 aliphatic heterocycles. The molecule has 0 aliphatic carbocycles. The van der Waals surface area contributed by atoms with Crippen molar-refractivity contribution in [2.24, 2.45) is 0 Å². The molecule has 0 fully saturated rings. The van der Waals surface area contributed by atoms with Crippen LogP contribution < -0.4 is 10.6 Å². The second kappa shape index (κ2) is 6.74. The number of nitrogens with one attached hydrogen (secondary N) is 2. The third-order valence-corrected chi connectivity index (χ3v) is 4.69. The van der Waals surface area contributed by atoms with Crippen LogP contribution in [0.5, 0.6) is 0 Å². The SMILES string of the molecule is Cc1nc(C)c([C@@H](C)NC(=O)Nc2cccc([N+](=O)[O-])c2C)s1. The van der Waals surface area contributed by atoms with E-state index in [0.717, 1.165) is 15.6 Å². The van der Waals surface area contributed by atoms with Gasteiger partial charge >= 0.3 is 6.03 Å². The van der Waals surface area contributed by atoms with Gasteiger partial charge in [0.25, 0.3) is 5.69 Å². The van der Waals surface area contributed by atoms with Crippen LogP contribution in [0.4, 0.5) is 16.2 Å². The molecular weight excluding hydrogens is 316 g/mol. The molecule has 0 spiro atoms. The second-order valence-electron chi connectivity index (χ2n) is 5.21. The lowest BCUT2D eigenvalue weighted by Crippen LogP contribution is -2.31. The molecule has 122 valence electrons. The summed E-state index contributed by atoms with van der Waals surface area (Å²) in [5, 5.41) is 17.4. The summed E-state index contributed by atoms with van der Waals surface area (Å²) < 4.78 is 0.